The van der Waals surface area contributed by atoms with E-state index in [2.05, 4.69) is 10.3 Å². The van der Waals surface area contributed by atoms with Crippen LogP contribution in [0.15, 0.2) is 23.2 Å². The van der Waals surface area contributed by atoms with Crippen molar-refractivity contribution in [1.29, 1.82) is 0 Å². The number of sulfonamides is 1. The lowest BCUT2D eigenvalue weighted by molar-refractivity contribution is -0.147. The average molecular weight is 447 g/mol. The number of nitrogens with one attached hydrogen (secondary N) is 2. The van der Waals surface area contributed by atoms with Gasteiger partial charge in [0.2, 0.25) is 21.9 Å². The first-order chi connectivity index (χ1) is 12.7. The Morgan fingerprint density at radius 1 is 1.25 bits per heavy atom. The van der Waals surface area contributed by atoms with Gasteiger partial charge in [-0.05, 0) is 6.92 Å². The van der Waals surface area contributed by atoms with Crippen molar-refractivity contribution in [3.63, 3.8) is 0 Å². The van der Waals surface area contributed by atoms with Gasteiger partial charge in [-0.25, -0.2) is 8.42 Å². The molecule has 2 aromatic heterocycles. The number of hydrogen-bond acceptors (Lipinski definition) is 4. The number of amides is 1. The first-order valence-electron chi connectivity index (χ1n) is 7.30. The van der Waals surface area contributed by atoms with Gasteiger partial charge in [0.05, 0.1) is 10.7 Å². The molecule has 0 unspecified atom stereocenters. The molecular formula is C14H12ClF5N4O3S. The Kier molecular flexibility index (Phi) is 6.01. The quantitative estimate of drug-likeness (QED) is 0.545. The number of aromatic nitrogens is 2. The Bertz CT molecular complexity index is 1000. The van der Waals surface area contributed by atoms with E-state index in [-0.39, 0.29) is 5.69 Å². The van der Waals surface area contributed by atoms with Crippen molar-refractivity contribution >= 4 is 33.2 Å². The van der Waals surface area contributed by atoms with E-state index < -0.39 is 55.7 Å². The first kappa shape index (κ1) is 22.0. The minimum atomic E-state index is -4.84. The lowest BCUT2D eigenvalue weighted by Gasteiger charge is -2.16. The van der Waals surface area contributed by atoms with Crippen molar-refractivity contribution in [1.82, 2.24) is 14.3 Å². The standard InChI is InChI=1S/C14H12ClF5N4O3S/c1-6(14(18,19)20)23-28(26,27)8-5-24(2)12(11(8)15)13(25)21-7-3-9(16)22-10(17)4-7/h3-6,23H,1-2H3,(H,21,22,25)/t6-/m1/s1. The minimum Gasteiger partial charge on any atom is -0.344 e. The molecule has 0 saturated heterocycles. The maximum atomic E-state index is 13.1. The number of aryl methyl sites for hydroxylation is 1. The molecular weight excluding hydrogens is 435 g/mol. The molecule has 0 spiro atoms. The molecule has 2 heterocycles. The van der Waals surface area contributed by atoms with Crippen LogP contribution in [0.5, 0.6) is 0 Å². The van der Waals surface area contributed by atoms with Gasteiger partial charge in [0.15, 0.2) is 0 Å². The molecule has 0 aromatic carbocycles. The lowest BCUT2D eigenvalue weighted by Crippen LogP contribution is -2.42. The van der Waals surface area contributed by atoms with Crippen LogP contribution in [0.1, 0.15) is 17.4 Å². The largest absolute Gasteiger partial charge is 0.404 e. The molecule has 1 amide bonds. The van der Waals surface area contributed by atoms with Crippen LogP contribution < -0.4 is 10.0 Å². The maximum Gasteiger partial charge on any atom is 0.404 e. The second-order valence-electron chi connectivity index (χ2n) is 5.61. The topological polar surface area (TPSA) is 93.1 Å². The second kappa shape index (κ2) is 7.64. The number of halogens is 6. The van der Waals surface area contributed by atoms with Crippen molar-refractivity contribution in [2.24, 2.45) is 7.05 Å². The molecule has 28 heavy (non-hydrogen) atoms. The smallest absolute Gasteiger partial charge is 0.344 e. The fraction of sp³-hybridized carbons (Fsp3) is 0.286. The summed E-state index contributed by atoms with van der Waals surface area (Å²) in [7, 11) is -3.52. The molecule has 0 aliphatic rings. The highest BCUT2D eigenvalue weighted by Gasteiger charge is 2.40. The number of alkyl halides is 3. The fourth-order valence-corrected chi connectivity index (χ4v) is 4.03. The van der Waals surface area contributed by atoms with Crippen molar-refractivity contribution in [3.05, 3.63) is 40.9 Å². The Balaban J connectivity index is 2.36. The number of pyridine rings is 1. The Hall–Kier alpha value is -2.25. The van der Waals surface area contributed by atoms with Crippen molar-refractivity contribution in [3.8, 4) is 0 Å². The number of anilines is 1. The van der Waals surface area contributed by atoms with Gasteiger partial charge in [-0.15, -0.1) is 0 Å². The molecule has 2 aromatic rings. The summed E-state index contributed by atoms with van der Waals surface area (Å²) in [5.74, 6) is -3.49. The summed E-state index contributed by atoms with van der Waals surface area (Å²) in [6, 6.07) is -1.02. The number of hydrogen-bond donors (Lipinski definition) is 2. The fourth-order valence-electron chi connectivity index (χ4n) is 2.11. The summed E-state index contributed by atoms with van der Waals surface area (Å²) in [5.41, 5.74) is -0.792. The zero-order valence-corrected chi connectivity index (χ0v) is 15.7. The summed E-state index contributed by atoms with van der Waals surface area (Å²) in [5, 5.41) is 1.42. The van der Waals surface area contributed by atoms with Gasteiger partial charge >= 0.3 is 6.18 Å². The van der Waals surface area contributed by atoms with Crippen LogP contribution in [0, 0.1) is 11.9 Å². The molecule has 14 heteroatoms. The maximum absolute atomic E-state index is 13.1. The molecule has 154 valence electrons. The van der Waals surface area contributed by atoms with Crippen LogP contribution in [0.4, 0.5) is 27.6 Å². The van der Waals surface area contributed by atoms with Crippen LogP contribution in [-0.4, -0.2) is 36.1 Å². The van der Waals surface area contributed by atoms with Gasteiger partial charge in [0.1, 0.15) is 16.6 Å². The monoisotopic (exact) mass is 446 g/mol. The normalized spacial score (nSPS) is 13.4. The van der Waals surface area contributed by atoms with Crippen molar-refractivity contribution < 1.29 is 35.2 Å². The SMILES string of the molecule is C[C@@H](NS(=O)(=O)c1cn(C)c(C(=O)Nc2cc(F)nc(F)c2)c1Cl)C(F)(F)F. The molecule has 0 saturated carbocycles. The van der Waals surface area contributed by atoms with E-state index in [0.29, 0.717) is 19.1 Å². The summed E-state index contributed by atoms with van der Waals surface area (Å²) < 4.78 is 90.8. The molecule has 7 nitrogen and oxygen atoms in total. The van der Waals surface area contributed by atoms with Crippen LogP contribution >= 0.6 is 11.6 Å². The van der Waals surface area contributed by atoms with Crippen LogP contribution in [-0.2, 0) is 17.1 Å². The molecule has 2 rings (SSSR count). The van der Waals surface area contributed by atoms with E-state index in [0.717, 1.165) is 10.8 Å². The summed E-state index contributed by atoms with van der Waals surface area (Å²) in [4.78, 5) is 14.4. The van der Waals surface area contributed by atoms with Gasteiger partial charge in [-0.2, -0.15) is 31.7 Å². The first-order valence-corrected chi connectivity index (χ1v) is 9.17. The third-order valence-electron chi connectivity index (χ3n) is 3.44. The Labute approximate surface area is 160 Å². The van der Waals surface area contributed by atoms with Gasteiger partial charge < -0.3 is 9.88 Å². The summed E-state index contributed by atoms with van der Waals surface area (Å²) in [6.07, 6.45) is -4.01. The average Bonchev–Trinajstić information content (AvgIpc) is 2.80. The van der Waals surface area contributed by atoms with Crippen LogP contribution in [0.3, 0.4) is 0 Å². The highest BCUT2D eigenvalue weighted by atomic mass is 35.5. The van der Waals surface area contributed by atoms with E-state index >= 15 is 0 Å². The van der Waals surface area contributed by atoms with E-state index in [1.165, 1.54) is 11.8 Å². The van der Waals surface area contributed by atoms with E-state index in [1.807, 2.05) is 0 Å². The summed E-state index contributed by atoms with van der Waals surface area (Å²) in [6.45, 7) is 0.592. The predicted octanol–water partition coefficient (Wildman–Crippen LogP) is 2.83. The number of rotatable bonds is 5. The molecule has 0 aliphatic heterocycles. The Morgan fingerprint density at radius 3 is 2.29 bits per heavy atom. The second-order valence-corrected chi connectivity index (χ2v) is 7.67. The zero-order valence-electron chi connectivity index (χ0n) is 14.1. The van der Waals surface area contributed by atoms with Crippen molar-refractivity contribution in [2.45, 2.75) is 24.0 Å². The number of nitrogens with zero attached hydrogens (tertiary/aromatic N) is 2. The third-order valence-corrected chi connectivity index (χ3v) is 5.48. The van der Waals surface area contributed by atoms with Crippen molar-refractivity contribution in [2.75, 3.05) is 5.32 Å². The highest BCUT2D eigenvalue weighted by Crippen LogP contribution is 2.29. The molecule has 2 N–H and O–H groups in total. The van der Waals surface area contributed by atoms with Gasteiger partial charge in [-0.3, -0.25) is 4.79 Å². The Morgan fingerprint density at radius 2 is 1.79 bits per heavy atom. The minimum absolute atomic E-state index is 0.333. The molecule has 0 fully saturated rings. The van der Waals surface area contributed by atoms with Gasteiger partial charge in [0, 0.05) is 25.4 Å². The number of carbonyl (C=O) groups is 1. The molecule has 0 bridgehead atoms. The molecule has 0 aliphatic carbocycles. The predicted molar refractivity (Wildman–Crippen MR) is 88.4 cm³/mol. The highest BCUT2D eigenvalue weighted by molar-refractivity contribution is 7.89. The van der Waals surface area contributed by atoms with E-state index in [1.54, 1.807) is 0 Å². The molecule has 1 atom stereocenters. The third kappa shape index (κ3) is 4.77. The van der Waals surface area contributed by atoms with E-state index in [4.69, 9.17) is 11.6 Å². The van der Waals surface area contributed by atoms with Crippen LogP contribution in [0.25, 0.3) is 0 Å². The lowest BCUT2D eigenvalue weighted by atomic mass is 10.3. The zero-order chi connectivity index (χ0) is 21.4. The van der Waals surface area contributed by atoms with Gasteiger partial charge in [0.25, 0.3) is 5.91 Å². The molecule has 0 radical (unpaired) electrons. The van der Waals surface area contributed by atoms with Crippen LogP contribution in [0.2, 0.25) is 5.02 Å². The van der Waals surface area contributed by atoms with E-state index in [9.17, 15) is 35.2 Å². The van der Waals surface area contributed by atoms with Gasteiger partial charge in [-0.1, -0.05) is 11.6 Å². The summed E-state index contributed by atoms with van der Waals surface area (Å²) >= 11 is 5.89. The number of carbonyl (C=O) groups excluding carboxylic acids is 1.